The molecule has 3 atom stereocenters. The van der Waals surface area contributed by atoms with Gasteiger partial charge in [0.25, 0.3) is 0 Å². The minimum atomic E-state index is -0.105. The summed E-state index contributed by atoms with van der Waals surface area (Å²) in [6, 6.07) is 18.3. The van der Waals surface area contributed by atoms with Crippen LogP contribution in [0.25, 0.3) is 0 Å². The molecule has 2 aromatic rings. The fraction of sp³-hybridized carbons (Fsp3) is 0.417. The first-order chi connectivity index (χ1) is 13.7. The molecule has 0 aliphatic rings. The van der Waals surface area contributed by atoms with Crippen LogP contribution in [-0.2, 0) is 27.2 Å². The summed E-state index contributed by atoms with van der Waals surface area (Å²) in [5.41, 5.74) is 2.36. The van der Waals surface area contributed by atoms with Crippen LogP contribution in [0.15, 0.2) is 67.3 Å². The van der Waals surface area contributed by atoms with Crippen LogP contribution < -0.4 is 4.74 Å². The molecule has 0 aliphatic heterocycles. The molecule has 2 rings (SSSR count). The van der Waals surface area contributed by atoms with E-state index in [2.05, 4.69) is 37.8 Å². The molecule has 4 heteroatoms. The summed E-state index contributed by atoms with van der Waals surface area (Å²) in [4.78, 5) is 0. The summed E-state index contributed by atoms with van der Waals surface area (Å²) < 4.78 is 22.7. The van der Waals surface area contributed by atoms with Crippen LogP contribution in [0.5, 0.6) is 5.75 Å². The predicted octanol–water partition coefficient (Wildman–Crippen LogP) is 4.68. The van der Waals surface area contributed by atoms with Crippen LogP contribution >= 0.6 is 0 Å². The Balaban J connectivity index is 2.02. The van der Waals surface area contributed by atoms with E-state index >= 15 is 0 Å². The van der Waals surface area contributed by atoms with E-state index in [4.69, 9.17) is 18.9 Å². The highest BCUT2D eigenvalue weighted by atomic mass is 16.6. The van der Waals surface area contributed by atoms with Crippen molar-refractivity contribution in [2.24, 2.45) is 5.92 Å². The number of benzene rings is 2. The summed E-state index contributed by atoms with van der Waals surface area (Å²) in [6.07, 6.45) is 2.63. The number of ether oxygens (including phenoxy) is 4. The van der Waals surface area contributed by atoms with Gasteiger partial charge in [-0.15, -0.1) is 6.58 Å². The van der Waals surface area contributed by atoms with Crippen LogP contribution in [-0.4, -0.2) is 39.6 Å². The van der Waals surface area contributed by atoms with E-state index in [1.54, 1.807) is 14.2 Å². The van der Waals surface area contributed by atoms with Crippen molar-refractivity contribution < 1.29 is 18.9 Å². The molecule has 4 nitrogen and oxygen atoms in total. The molecule has 0 aliphatic carbocycles. The van der Waals surface area contributed by atoms with Crippen molar-refractivity contribution in [2.75, 3.05) is 27.4 Å². The van der Waals surface area contributed by atoms with E-state index in [-0.39, 0.29) is 18.1 Å². The van der Waals surface area contributed by atoms with Crippen LogP contribution in [0, 0.1) is 5.92 Å². The van der Waals surface area contributed by atoms with Gasteiger partial charge in [0.05, 0.1) is 39.1 Å². The van der Waals surface area contributed by atoms with Gasteiger partial charge in [-0.05, 0) is 36.6 Å². The highest BCUT2D eigenvalue weighted by Gasteiger charge is 2.27. The van der Waals surface area contributed by atoms with Gasteiger partial charge < -0.3 is 18.9 Å². The molecule has 152 valence electrons. The number of methoxy groups -OCH3 is 2. The van der Waals surface area contributed by atoms with E-state index in [1.807, 2.05) is 36.4 Å². The average molecular weight is 385 g/mol. The van der Waals surface area contributed by atoms with E-state index in [9.17, 15) is 0 Å². The maximum atomic E-state index is 6.16. The second kappa shape index (κ2) is 12.3. The van der Waals surface area contributed by atoms with Crippen molar-refractivity contribution in [1.29, 1.82) is 0 Å². The average Bonchev–Trinajstić information content (AvgIpc) is 2.75. The number of hydrogen-bond acceptors (Lipinski definition) is 4. The Labute approximate surface area is 169 Å². The molecule has 0 amide bonds. The highest BCUT2D eigenvalue weighted by molar-refractivity contribution is 5.26. The maximum Gasteiger partial charge on any atom is 0.118 e. The van der Waals surface area contributed by atoms with Gasteiger partial charge in [-0.1, -0.05) is 48.5 Å². The Bertz CT molecular complexity index is 669. The molecule has 0 N–H and O–H groups in total. The fourth-order valence-electron chi connectivity index (χ4n) is 3.14. The summed E-state index contributed by atoms with van der Waals surface area (Å²) in [7, 11) is 3.34. The zero-order valence-electron chi connectivity index (χ0n) is 17.2. The summed E-state index contributed by atoms with van der Waals surface area (Å²) in [5.74, 6) is 0.984. The van der Waals surface area contributed by atoms with Gasteiger partial charge in [0.2, 0.25) is 0 Å². The third-order valence-corrected chi connectivity index (χ3v) is 4.77. The van der Waals surface area contributed by atoms with Crippen LogP contribution in [0.1, 0.15) is 18.1 Å². The molecular weight excluding hydrogens is 352 g/mol. The molecule has 2 aromatic carbocycles. The van der Waals surface area contributed by atoms with Crippen molar-refractivity contribution in [3.8, 4) is 5.75 Å². The molecule has 0 bridgehead atoms. The molecule has 3 unspecified atom stereocenters. The van der Waals surface area contributed by atoms with Crippen molar-refractivity contribution in [3.63, 3.8) is 0 Å². The Morgan fingerprint density at radius 2 is 1.61 bits per heavy atom. The lowest BCUT2D eigenvalue weighted by atomic mass is 9.91. The predicted molar refractivity (Wildman–Crippen MR) is 113 cm³/mol. The topological polar surface area (TPSA) is 36.9 Å². The minimum absolute atomic E-state index is 0.0920. The van der Waals surface area contributed by atoms with E-state index < -0.39 is 0 Å². The monoisotopic (exact) mass is 384 g/mol. The molecule has 0 aromatic heterocycles. The van der Waals surface area contributed by atoms with Crippen molar-refractivity contribution in [3.05, 3.63) is 78.4 Å². The summed E-state index contributed by atoms with van der Waals surface area (Å²) in [5, 5.41) is 0. The third kappa shape index (κ3) is 7.12. The molecule has 0 saturated heterocycles. The second-order valence-electron chi connectivity index (χ2n) is 6.78. The quantitative estimate of drug-likeness (QED) is 0.371. The lowest BCUT2D eigenvalue weighted by molar-refractivity contribution is -0.0958. The Hall–Kier alpha value is -2.14. The molecule has 0 saturated carbocycles. The Morgan fingerprint density at radius 3 is 2.21 bits per heavy atom. The van der Waals surface area contributed by atoms with Gasteiger partial charge >= 0.3 is 0 Å². The van der Waals surface area contributed by atoms with Crippen LogP contribution in [0.3, 0.4) is 0 Å². The van der Waals surface area contributed by atoms with Crippen LogP contribution in [0.4, 0.5) is 0 Å². The molecule has 0 spiro atoms. The van der Waals surface area contributed by atoms with Gasteiger partial charge in [0.1, 0.15) is 5.75 Å². The van der Waals surface area contributed by atoms with Gasteiger partial charge in [0, 0.05) is 13.0 Å². The normalized spacial score (nSPS) is 14.2. The maximum absolute atomic E-state index is 6.16. The van der Waals surface area contributed by atoms with E-state index in [0.29, 0.717) is 19.8 Å². The van der Waals surface area contributed by atoms with Gasteiger partial charge in [-0.25, -0.2) is 0 Å². The SMILES string of the molecule is C=CC(Cc1ccccc1)C(OCCOC)C(C)OCc1ccc(OC)cc1. The minimum Gasteiger partial charge on any atom is -0.497 e. The largest absolute Gasteiger partial charge is 0.497 e. The summed E-state index contributed by atoms with van der Waals surface area (Å²) in [6.45, 7) is 7.70. The van der Waals surface area contributed by atoms with E-state index in [1.165, 1.54) is 5.56 Å². The van der Waals surface area contributed by atoms with Gasteiger partial charge in [0.15, 0.2) is 0 Å². The standard InChI is InChI=1S/C24H32O4/c1-5-22(17-20-9-7-6-8-10-20)24(27-16-15-25-3)19(2)28-18-21-11-13-23(26-4)14-12-21/h5-14,19,22,24H,1,15-18H2,2-4H3. The lowest BCUT2D eigenvalue weighted by Crippen LogP contribution is -2.37. The number of rotatable bonds is 13. The molecular formula is C24H32O4. The molecule has 28 heavy (non-hydrogen) atoms. The molecule has 0 heterocycles. The van der Waals surface area contributed by atoms with Crippen LogP contribution in [0.2, 0.25) is 0 Å². The molecule has 0 radical (unpaired) electrons. The van der Waals surface area contributed by atoms with Crippen molar-refractivity contribution in [1.82, 2.24) is 0 Å². The van der Waals surface area contributed by atoms with Crippen molar-refractivity contribution >= 4 is 0 Å². The first-order valence-corrected chi connectivity index (χ1v) is 9.69. The Morgan fingerprint density at radius 1 is 0.893 bits per heavy atom. The third-order valence-electron chi connectivity index (χ3n) is 4.77. The highest BCUT2D eigenvalue weighted by Crippen LogP contribution is 2.22. The fourth-order valence-corrected chi connectivity index (χ4v) is 3.14. The number of hydrogen-bond donors (Lipinski definition) is 0. The summed E-state index contributed by atoms with van der Waals surface area (Å²) >= 11 is 0. The first-order valence-electron chi connectivity index (χ1n) is 9.69. The van der Waals surface area contributed by atoms with E-state index in [0.717, 1.165) is 17.7 Å². The lowest BCUT2D eigenvalue weighted by Gasteiger charge is -2.30. The first kappa shape index (κ1) is 22.2. The second-order valence-corrected chi connectivity index (χ2v) is 6.78. The zero-order valence-corrected chi connectivity index (χ0v) is 17.2. The van der Waals surface area contributed by atoms with Gasteiger partial charge in [-0.2, -0.15) is 0 Å². The molecule has 0 fully saturated rings. The smallest absolute Gasteiger partial charge is 0.118 e. The zero-order chi connectivity index (χ0) is 20.2. The van der Waals surface area contributed by atoms with Gasteiger partial charge in [-0.3, -0.25) is 0 Å². The van der Waals surface area contributed by atoms with Crippen molar-refractivity contribution in [2.45, 2.75) is 32.2 Å². The Kier molecular flexibility index (Phi) is 9.77.